The standard InChI is InChI=1S/C14H14Cl2N6O/c1-21-13(17-9-19-21)7-14(23,8-22-5-4-18-20-22)11-3-2-10(15)6-12(11)16/h2-6,9,23H,7-8H2,1H3. The topological polar surface area (TPSA) is 81.6 Å². The number of nitrogens with zero attached hydrogens (tertiary/aromatic N) is 6. The number of aryl methyl sites for hydroxylation is 1. The van der Waals surface area contributed by atoms with E-state index in [4.69, 9.17) is 23.2 Å². The number of aliphatic hydroxyl groups is 1. The molecule has 0 aliphatic heterocycles. The molecule has 23 heavy (non-hydrogen) atoms. The molecule has 0 saturated carbocycles. The van der Waals surface area contributed by atoms with Crippen LogP contribution in [-0.4, -0.2) is 34.9 Å². The molecule has 1 unspecified atom stereocenters. The number of hydrogen-bond donors (Lipinski definition) is 1. The highest BCUT2D eigenvalue weighted by atomic mass is 35.5. The Kier molecular flexibility index (Phi) is 4.34. The normalized spacial score (nSPS) is 13.9. The van der Waals surface area contributed by atoms with E-state index in [1.165, 1.54) is 6.33 Å². The van der Waals surface area contributed by atoms with Crippen molar-refractivity contribution in [2.45, 2.75) is 18.6 Å². The molecule has 0 aliphatic carbocycles. The minimum Gasteiger partial charge on any atom is -0.383 e. The van der Waals surface area contributed by atoms with Crippen molar-refractivity contribution in [1.82, 2.24) is 29.8 Å². The first-order chi connectivity index (χ1) is 11.0. The first-order valence-corrected chi connectivity index (χ1v) is 7.58. The van der Waals surface area contributed by atoms with Crippen molar-refractivity contribution in [2.24, 2.45) is 7.05 Å². The van der Waals surface area contributed by atoms with Crippen molar-refractivity contribution >= 4 is 23.2 Å². The fraction of sp³-hybridized carbons (Fsp3) is 0.286. The molecule has 1 aromatic carbocycles. The number of hydrogen-bond acceptors (Lipinski definition) is 5. The fourth-order valence-corrected chi connectivity index (χ4v) is 3.01. The Morgan fingerprint density at radius 1 is 1.30 bits per heavy atom. The fourth-order valence-electron chi connectivity index (χ4n) is 2.43. The van der Waals surface area contributed by atoms with Crippen molar-refractivity contribution in [1.29, 1.82) is 0 Å². The quantitative estimate of drug-likeness (QED) is 0.757. The molecule has 3 aromatic rings. The Bertz CT molecular complexity index is 803. The molecule has 0 bridgehead atoms. The molecule has 2 aromatic heterocycles. The second-order valence-electron chi connectivity index (χ2n) is 5.23. The molecule has 0 amide bonds. The lowest BCUT2D eigenvalue weighted by atomic mass is 9.89. The second kappa shape index (κ2) is 6.27. The van der Waals surface area contributed by atoms with Crippen LogP contribution in [0.1, 0.15) is 11.4 Å². The lowest BCUT2D eigenvalue weighted by Gasteiger charge is -2.29. The zero-order valence-electron chi connectivity index (χ0n) is 12.3. The predicted molar refractivity (Wildman–Crippen MR) is 85.1 cm³/mol. The van der Waals surface area contributed by atoms with Crippen LogP contribution < -0.4 is 0 Å². The molecule has 0 spiro atoms. The Hall–Kier alpha value is -1.96. The SMILES string of the molecule is Cn1ncnc1CC(O)(Cn1ccnn1)c1ccc(Cl)cc1Cl. The van der Waals surface area contributed by atoms with E-state index in [1.807, 2.05) is 0 Å². The Morgan fingerprint density at radius 2 is 2.13 bits per heavy atom. The van der Waals surface area contributed by atoms with Gasteiger partial charge in [0.15, 0.2) is 0 Å². The van der Waals surface area contributed by atoms with Gasteiger partial charge in [0.1, 0.15) is 17.8 Å². The molecule has 7 nitrogen and oxygen atoms in total. The van der Waals surface area contributed by atoms with E-state index in [2.05, 4.69) is 20.4 Å². The van der Waals surface area contributed by atoms with E-state index in [-0.39, 0.29) is 13.0 Å². The van der Waals surface area contributed by atoms with Gasteiger partial charge >= 0.3 is 0 Å². The van der Waals surface area contributed by atoms with Crippen molar-refractivity contribution in [2.75, 3.05) is 0 Å². The van der Waals surface area contributed by atoms with Crippen LogP contribution in [0, 0.1) is 0 Å². The van der Waals surface area contributed by atoms with Crippen LogP contribution >= 0.6 is 23.2 Å². The number of aromatic nitrogens is 6. The van der Waals surface area contributed by atoms with Gasteiger partial charge in [0.05, 0.1) is 12.7 Å². The Morgan fingerprint density at radius 3 is 2.74 bits per heavy atom. The summed E-state index contributed by atoms with van der Waals surface area (Å²) in [4.78, 5) is 4.18. The molecular formula is C14H14Cl2N6O. The first kappa shape index (κ1) is 15.9. The minimum absolute atomic E-state index is 0.168. The van der Waals surface area contributed by atoms with Gasteiger partial charge in [0.25, 0.3) is 0 Å². The smallest absolute Gasteiger partial charge is 0.138 e. The van der Waals surface area contributed by atoms with Gasteiger partial charge in [-0.1, -0.05) is 34.5 Å². The van der Waals surface area contributed by atoms with Crippen LogP contribution in [0.3, 0.4) is 0 Å². The largest absolute Gasteiger partial charge is 0.383 e. The molecule has 0 aliphatic rings. The molecular weight excluding hydrogens is 339 g/mol. The van der Waals surface area contributed by atoms with Gasteiger partial charge in [-0.15, -0.1) is 5.10 Å². The third-order valence-corrected chi connectivity index (χ3v) is 4.13. The summed E-state index contributed by atoms with van der Waals surface area (Å²) in [5, 5.41) is 23.9. The lowest BCUT2D eigenvalue weighted by molar-refractivity contribution is 0.0121. The summed E-state index contributed by atoms with van der Waals surface area (Å²) >= 11 is 12.3. The van der Waals surface area contributed by atoms with E-state index in [0.717, 1.165) is 0 Å². The summed E-state index contributed by atoms with van der Waals surface area (Å²) in [6, 6.07) is 4.99. The third kappa shape index (κ3) is 3.36. The molecule has 3 rings (SSSR count). The molecule has 120 valence electrons. The van der Waals surface area contributed by atoms with Crippen LogP contribution in [0.4, 0.5) is 0 Å². The van der Waals surface area contributed by atoms with Crippen LogP contribution in [0.25, 0.3) is 0 Å². The van der Waals surface area contributed by atoms with Crippen LogP contribution in [0.5, 0.6) is 0 Å². The summed E-state index contributed by atoms with van der Waals surface area (Å²) in [5.74, 6) is 0.624. The van der Waals surface area contributed by atoms with Crippen LogP contribution in [-0.2, 0) is 25.6 Å². The average Bonchev–Trinajstić information content (AvgIpc) is 3.11. The van der Waals surface area contributed by atoms with E-state index in [9.17, 15) is 5.11 Å². The highest BCUT2D eigenvalue weighted by molar-refractivity contribution is 6.35. The summed E-state index contributed by atoms with van der Waals surface area (Å²) in [5.41, 5.74) is -0.794. The third-order valence-electron chi connectivity index (χ3n) is 3.58. The van der Waals surface area contributed by atoms with Crippen molar-refractivity contribution in [3.8, 4) is 0 Å². The molecule has 0 radical (unpaired) electrons. The minimum atomic E-state index is -1.34. The molecule has 2 heterocycles. The Balaban J connectivity index is 2.03. The van der Waals surface area contributed by atoms with Crippen molar-refractivity contribution in [3.63, 3.8) is 0 Å². The maximum absolute atomic E-state index is 11.3. The first-order valence-electron chi connectivity index (χ1n) is 6.83. The van der Waals surface area contributed by atoms with E-state index in [0.29, 0.717) is 21.4 Å². The van der Waals surface area contributed by atoms with Crippen LogP contribution in [0.15, 0.2) is 36.9 Å². The zero-order valence-corrected chi connectivity index (χ0v) is 13.8. The summed E-state index contributed by atoms with van der Waals surface area (Å²) in [7, 11) is 1.77. The highest BCUT2D eigenvalue weighted by Crippen LogP contribution is 2.34. The van der Waals surface area contributed by atoms with Crippen molar-refractivity contribution in [3.05, 3.63) is 58.4 Å². The van der Waals surface area contributed by atoms with Gasteiger partial charge < -0.3 is 5.11 Å². The van der Waals surface area contributed by atoms with Gasteiger partial charge in [-0.2, -0.15) is 5.10 Å². The highest BCUT2D eigenvalue weighted by Gasteiger charge is 2.34. The number of benzene rings is 1. The van der Waals surface area contributed by atoms with E-state index >= 15 is 0 Å². The molecule has 1 N–H and O–H groups in total. The van der Waals surface area contributed by atoms with Gasteiger partial charge in [0, 0.05) is 35.3 Å². The molecule has 1 atom stereocenters. The van der Waals surface area contributed by atoms with Gasteiger partial charge in [-0.3, -0.25) is 4.68 Å². The zero-order chi connectivity index (χ0) is 16.4. The molecule has 9 heteroatoms. The number of rotatable bonds is 5. The predicted octanol–water partition coefficient (Wildman–Crippen LogP) is 1.84. The van der Waals surface area contributed by atoms with Crippen LogP contribution in [0.2, 0.25) is 10.0 Å². The molecule has 0 saturated heterocycles. The summed E-state index contributed by atoms with van der Waals surface area (Å²) < 4.78 is 3.15. The second-order valence-corrected chi connectivity index (χ2v) is 6.08. The molecule has 0 fully saturated rings. The lowest BCUT2D eigenvalue weighted by Crippen LogP contribution is -2.35. The summed E-state index contributed by atoms with van der Waals surface area (Å²) in [6.45, 7) is 0.168. The number of halogens is 2. The maximum Gasteiger partial charge on any atom is 0.138 e. The van der Waals surface area contributed by atoms with Gasteiger partial charge in [-0.25, -0.2) is 9.67 Å². The average molecular weight is 353 g/mol. The summed E-state index contributed by atoms with van der Waals surface area (Å²) in [6.07, 6.45) is 4.87. The van der Waals surface area contributed by atoms with Crippen molar-refractivity contribution < 1.29 is 5.11 Å². The monoisotopic (exact) mass is 352 g/mol. The van der Waals surface area contributed by atoms with E-state index in [1.54, 1.807) is 47.0 Å². The van der Waals surface area contributed by atoms with E-state index < -0.39 is 5.60 Å². The maximum atomic E-state index is 11.3. The Labute approximate surface area is 142 Å². The van der Waals surface area contributed by atoms with Gasteiger partial charge in [0.2, 0.25) is 0 Å². The van der Waals surface area contributed by atoms with Gasteiger partial charge in [-0.05, 0) is 12.1 Å².